The fourth-order valence-corrected chi connectivity index (χ4v) is 4.92. The Hall–Kier alpha value is -2.99. The molecule has 0 N–H and O–H groups in total. The van der Waals surface area contributed by atoms with Crippen molar-refractivity contribution in [1.82, 2.24) is 0 Å². The standard InChI is InChI=1S/C23H18FNO3S/c24-17-6-2-1-5-16(17)13-25-18-7-3-4-8-21(18)29-22(12-23(25)26)15-9-10-19-20(11-15)28-14-27-19/h1-11,22H,12-14H2. The van der Waals surface area contributed by atoms with E-state index in [4.69, 9.17) is 9.47 Å². The predicted octanol–water partition coefficient (Wildman–Crippen LogP) is 5.32. The largest absolute Gasteiger partial charge is 0.454 e. The normalized spacial score (nSPS) is 17.8. The van der Waals surface area contributed by atoms with Crippen LogP contribution in [0.15, 0.2) is 71.6 Å². The van der Waals surface area contributed by atoms with Gasteiger partial charge < -0.3 is 14.4 Å². The quantitative estimate of drug-likeness (QED) is 0.589. The molecule has 0 aliphatic carbocycles. The molecule has 146 valence electrons. The number of amides is 1. The van der Waals surface area contributed by atoms with Crippen molar-refractivity contribution in [3.05, 3.63) is 83.7 Å². The minimum Gasteiger partial charge on any atom is -0.454 e. The van der Waals surface area contributed by atoms with E-state index < -0.39 is 0 Å². The molecule has 0 fully saturated rings. The minimum absolute atomic E-state index is 0.0339. The molecule has 5 rings (SSSR count). The molecule has 2 aliphatic heterocycles. The van der Waals surface area contributed by atoms with Crippen molar-refractivity contribution < 1.29 is 18.7 Å². The average molecular weight is 407 g/mol. The van der Waals surface area contributed by atoms with Crippen molar-refractivity contribution >= 4 is 23.4 Å². The van der Waals surface area contributed by atoms with Crippen LogP contribution in [0.4, 0.5) is 10.1 Å². The molecule has 29 heavy (non-hydrogen) atoms. The highest BCUT2D eigenvalue weighted by molar-refractivity contribution is 7.99. The lowest BCUT2D eigenvalue weighted by Gasteiger charge is -2.23. The Kier molecular flexibility index (Phi) is 4.64. The summed E-state index contributed by atoms with van der Waals surface area (Å²) in [7, 11) is 0. The van der Waals surface area contributed by atoms with Crippen LogP contribution in [-0.2, 0) is 11.3 Å². The van der Waals surface area contributed by atoms with E-state index in [9.17, 15) is 9.18 Å². The summed E-state index contributed by atoms with van der Waals surface area (Å²) in [6.07, 6.45) is 0.313. The molecule has 0 aromatic heterocycles. The van der Waals surface area contributed by atoms with Gasteiger partial charge in [-0.05, 0) is 35.9 Å². The average Bonchev–Trinajstić information content (AvgIpc) is 3.16. The van der Waals surface area contributed by atoms with Gasteiger partial charge in [0.1, 0.15) is 5.82 Å². The van der Waals surface area contributed by atoms with Gasteiger partial charge in [0.15, 0.2) is 11.5 Å². The van der Waals surface area contributed by atoms with Crippen LogP contribution in [0.5, 0.6) is 11.5 Å². The summed E-state index contributed by atoms with van der Waals surface area (Å²) in [5, 5.41) is -0.0660. The van der Waals surface area contributed by atoms with Gasteiger partial charge in [-0.25, -0.2) is 4.39 Å². The lowest BCUT2D eigenvalue weighted by molar-refractivity contribution is -0.118. The number of nitrogens with zero attached hydrogens (tertiary/aromatic N) is 1. The Morgan fingerprint density at radius 1 is 1.00 bits per heavy atom. The van der Waals surface area contributed by atoms with E-state index in [2.05, 4.69) is 0 Å². The van der Waals surface area contributed by atoms with Crippen LogP contribution in [0.3, 0.4) is 0 Å². The number of anilines is 1. The molecule has 1 amide bonds. The van der Waals surface area contributed by atoms with E-state index >= 15 is 0 Å². The zero-order chi connectivity index (χ0) is 19.8. The first-order valence-electron chi connectivity index (χ1n) is 9.38. The molecule has 0 spiro atoms. The second-order valence-electron chi connectivity index (χ2n) is 6.96. The maximum Gasteiger partial charge on any atom is 0.231 e. The van der Waals surface area contributed by atoms with Gasteiger partial charge in [-0.1, -0.05) is 36.4 Å². The Balaban J connectivity index is 1.50. The monoisotopic (exact) mass is 407 g/mol. The SMILES string of the molecule is O=C1CC(c2ccc3c(c2)OCO3)Sc2ccccc2N1Cc1ccccc1F. The fourth-order valence-electron chi connectivity index (χ4n) is 3.65. The van der Waals surface area contributed by atoms with Gasteiger partial charge in [0.25, 0.3) is 0 Å². The lowest BCUT2D eigenvalue weighted by Crippen LogP contribution is -2.30. The van der Waals surface area contributed by atoms with Crippen molar-refractivity contribution in [3.8, 4) is 11.5 Å². The van der Waals surface area contributed by atoms with E-state index in [0.29, 0.717) is 17.7 Å². The van der Waals surface area contributed by atoms with Gasteiger partial charge in [0.05, 0.1) is 12.2 Å². The summed E-state index contributed by atoms with van der Waals surface area (Å²) in [6, 6.07) is 20.2. The Labute approximate surface area is 172 Å². The van der Waals surface area contributed by atoms with Crippen molar-refractivity contribution in [2.45, 2.75) is 23.1 Å². The number of para-hydroxylation sites is 1. The molecule has 3 aromatic carbocycles. The van der Waals surface area contributed by atoms with Crippen molar-refractivity contribution in [2.75, 3.05) is 11.7 Å². The van der Waals surface area contributed by atoms with Crippen molar-refractivity contribution in [3.63, 3.8) is 0 Å². The third kappa shape index (κ3) is 3.44. The van der Waals surface area contributed by atoms with Crippen LogP contribution < -0.4 is 14.4 Å². The molecular weight excluding hydrogens is 389 g/mol. The Morgan fingerprint density at radius 3 is 2.69 bits per heavy atom. The number of benzene rings is 3. The van der Waals surface area contributed by atoms with Gasteiger partial charge in [-0.15, -0.1) is 11.8 Å². The first-order chi connectivity index (χ1) is 14.2. The van der Waals surface area contributed by atoms with Crippen molar-refractivity contribution in [2.24, 2.45) is 0 Å². The number of ether oxygens (including phenoxy) is 2. The first kappa shape index (κ1) is 18.1. The molecule has 6 heteroatoms. The molecule has 0 bridgehead atoms. The minimum atomic E-state index is -0.304. The summed E-state index contributed by atoms with van der Waals surface area (Å²) >= 11 is 1.65. The highest BCUT2D eigenvalue weighted by Crippen LogP contribution is 2.47. The van der Waals surface area contributed by atoms with Crippen LogP contribution in [0, 0.1) is 5.82 Å². The number of carbonyl (C=O) groups is 1. The smallest absolute Gasteiger partial charge is 0.231 e. The van der Waals surface area contributed by atoms with E-state index in [0.717, 1.165) is 21.9 Å². The van der Waals surface area contributed by atoms with Gasteiger partial charge in [0.2, 0.25) is 12.7 Å². The molecule has 1 unspecified atom stereocenters. The van der Waals surface area contributed by atoms with Crippen LogP contribution in [0.25, 0.3) is 0 Å². The number of fused-ring (bicyclic) bond motifs is 2. The fraction of sp³-hybridized carbons (Fsp3) is 0.174. The third-order valence-corrected chi connectivity index (χ3v) is 6.46. The number of hydrogen-bond acceptors (Lipinski definition) is 4. The second kappa shape index (κ2) is 7.44. The van der Waals surface area contributed by atoms with Gasteiger partial charge in [-0.2, -0.15) is 0 Å². The summed E-state index contributed by atoms with van der Waals surface area (Å²) in [4.78, 5) is 15.9. The molecule has 4 nitrogen and oxygen atoms in total. The van der Waals surface area contributed by atoms with E-state index in [1.165, 1.54) is 6.07 Å². The Bertz CT molecular complexity index is 1090. The number of carbonyl (C=O) groups excluding carboxylic acids is 1. The zero-order valence-electron chi connectivity index (χ0n) is 15.5. The maximum absolute atomic E-state index is 14.2. The number of thioether (sulfide) groups is 1. The van der Waals surface area contributed by atoms with Gasteiger partial charge in [0, 0.05) is 22.1 Å². The summed E-state index contributed by atoms with van der Waals surface area (Å²) in [5.74, 6) is 1.09. The Morgan fingerprint density at radius 2 is 1.79 bits per heavy atom. The molecule has 2 heterocycles. The van der Waals surface area contributed by atoms with E-state index in [-0.39, 0.29) is 30.3 Å². The van der Waals surface area contributed by atoms with Crippen LogP contribution in [0.2, 0.25) is 0 Å². The second-order valence-corrected chi connectivity index (χ2v) is 8.21. The summed E-state index contributed by atoms with van der Waals surface area (Å²) in [6.45, 7) is 0.422. The molecule has 1 atom stereocenters. The highest BCUT2D eigenvalue weighted by atomic mass is 32.2. The predicted molar refractivity (Wildman–Crippen MR) is 110 cm³/mol. The number of rotatable bonds is 3. The first-order valence-corrected chi connectivity index (χ1v) is 10.3. The molecule has 3 aromatic rings. The molecule has 0 radical (unpaired) electrons. The van der Waals surface area contributed by atoms with Crippen LogP contribution >= 0.6 is 11.8 Å². The number of hydrogen-bond donors (Lipinski definition) is 0. The summed E-state index contributed by atoms with van der Waals surface area (Å²) < 4.78 is 25.1. The topological polar surface area (TPSA) is 38.8 Å². The lowest BCUT2D eigenvalue weighted by atomic mass is 10.1. The van der Waals surface area contributed by atoms with Gasteiger partial charge in [-0.3, -0.25) is 4.79 Å². The maximum atomic E-state index is 14.2. The van der Waals surface area contributed by atoms with Crippen molar-refractivity contribution in [1.29, 1.82) is 0 Å². The molecule has 0 saturated carbocycles. The highest BCUT2D eigenvalue weighted by Gasteiger charge is 2.30. The third-order valence-electron chi connectivity index (χ3n) is 5.14. The van der Waals surface area contributed by atoms with Gasteiger partial charge >= 0.3 is 0 Å². The summed E-state index contributed by atoms with van der Waals surface area (Å²) in [5.41, 5.74) is 2.33. The molecule has 2 aliphatic rings. The molecular formula is C23H18FNO3S. The van der Waals surface area contributed by atoms with E-state index in [1.54, 1.807) is 34.9 Å². The number of halogens is 1. The van der Waals surface area contributed by atoms with Crippen LogP contribution in [-0.4, -0.2) is 12.7 Å². The molecule has 0 saturated heterocycles. The zero-order valence-corrected chi connectivity index (χ0v) is 16.3. The van der Waals surface area contributed by atoms with E-state index in [1.807, 2.05) is 42.5 Å². The van der Waals surface area contributed by atoms with Crippen LogP contribution in [0.1, 0.15) is 22.8 Å².